The molecule has 0 heterocycles. The fourth-order valence-electron chi connectivity index (χ4n) is 2.69. The molecule has 0 aliphatic heterocycles. The second-order valence-electron chi connectivity index (χ2n) is 5.94. The van der Waals surface area contributed by atoms with E-state index in [0.29, 0.717) is 23.6 Å². The van der Waals surface area contributed by atoms with Crippen LogP contribution < -0.4 is 5.32 Å². The third-order valence-corrected chi connectivity index (χ3v) is 3.65. The maximum Gasteiger partial charge on any atom is 0.124 e. The molecule has 2 rings (SSSR count). The Bertz CT molecular complexity index is 474. The SMILES string of the molecule is CC1(C)CCC(NCc2cc(F)cc(C#N)c2)C1. The number of hydrogen-bond donors (Lipinski definition) is 1. The molecule has 1 N–H and O–H groups in total. The Labute approximate surface area is 108 Å². The fraction of sp³-hybridized carbons (Fsp3) is 0.533. The molecule has 1 aliphatic rings. The summed E-state index contributed by atoms with van der Waals surface area (Å²) in [6, 6.07) is 7.00. The average Bonchev–Trinajstić information content (AvgIpc) is 2.65. The summed E-state index contributed by atoms with van der Waals surface area (Å²) in [4.78, 5) is 0. The molecular formula is C15H19FN2. The number of nitrogens with zero attached hydrogens (tertiary/aromatic N) is 1. The second-order valence-corrected chi connectivity index (χ2v) is 5.94. The van der Waals surface area contributed by atoms with Crippen molar-refractivity contribution >= 4 is 0 Å². The first kappa shape index (κ1) is 13.0. The fourth-order valence-corrected chi connectivity index (χ4v) is 2.69. The summed E-state index contributed by atoms with van der Waals surface area (Å²) in [5.74, 6) is -0.336. The lowest BCUT2D eigenvalue weighted by Crippen LogP contribution is -2.26. The molecule has 96 valence electrons. The van der Waals surface area contributed by atoms with Gasteiger partial charge in [0.1, 0.15) is 5.82 Å². The van der Waals surface area contributed by atoms with Crippen molar-refractivity contribution in [1.29, 1.82) is 5.26 Å². The maximum atomic E-state index is 13.3. The van der Waals surface area contributed by atoms with Crippen LogP contribution in [0.4, 0.5) is 4.39 Å². The first-order valence-electron chi connectivity index (χ1n) is 6.41. The molecule has 1 saturated carbocycles. The van der Waals surface area contributed by atoms with Crippen LogP contribution in [-0.4, -0.2) is 6.04 Å². The van der Waals surface area contributed by atoms with Crippen LogP contribution in [0.2, 0.25) is 0 Å². The standard InChI is InChI=1S/C15H19FN2/c1-15(2)4-3-14(8-15)18-10-12-5-11(9-17)6-13(16)7-12/h5-7,14,18H,3-4,8,10H2,1-2H3. The van der Waals surface area contributed by atoms with E-state index in [2.05, 4.69) is 19.2 Å². The molecule has 1 unspecified atom stereocenters. The van der Waals surface area contributed by atoms with E-state index in [1.807, 2.05) is 6.07 Å². The summed E-state index contributed by atoms with van der Waals surface area (Å²) in [5.41, 5.74) is 1.65. The minimum absolute atomic E-state index is 0.336. The summed E-state index contributed by atoms with van der Waals surface area (Å²) in [6.45, 7) is 5.20. The largest absolute Gasteiger partial charge is 0.310 e. The Morgan fingerprint density at radius 1 is 1.44 bits per heavy atom. The molecule has 1 aliphatic carbocycles. The Kier molecular flexibility index (Phi) is 3.68. The number of nitrogens with one attached hydrogen (secondary N) is 1. The van der Waals surface area contributed by atoms with E-state index in [1.165, 1.54) is 25.0 Å². The van der Waals surface area contributed by atoms with E-state index in [0.717, 1.165) is 12.0 Å². The lowest BCUT2D eigenvalue weighted by molar-refractivity contribution is 0.364. The van der Waals surface area contributed by atoms with Crippen molar-refractivity contribution < 1.29 is 4.39 Å². The number of benzene rings is 1. The van der Waals surface area contributed by atoms with Crippen LogP contribution in [0.1, 0.15) is 44.2 Å². The van der Waals surface area contributed by atoms with Crippen molar-refractivity contribution in [3.63, 3.8) is 0 Å². The zero-order chi connectivity index (χ0) is 13.2. The Hall–Kier alpha value is -1.40. The first-order valence-corrected chi connectivity index (χ1v) is 6.41. The van der Waals surface area contributed by atoms with E-state index < -0.39 is 0 Å². The van der Waals surface area contributed by atoms with E-state index in [4.69, 9.17) is 5.26 Å². The highest BCUT2D eigenvalue weighted by Crippen LogP contribution is 2.36. The molecule has 18 heavy (non-hydrogen) atoms. The molecule has 2 nitrogen and oxygen atoms in total. The molecule has 0 aromatic heterocycles. The number of nitriles is 1. The normalized spacial score (nSPS) is 21.8. The summed E-state index contributed by atoms with van der Waals surface area (Å²) in [5, 5.41) is 12.3. The first-order chi connectivity index (χ1) is 8.48. The molecule has 0 amide bonds. The van der Waals surface area contributed by atoms with Gasteiger partial charge in [-0.1, -0.05) is 13.8 Å². The predicted octanol–water partition coefficient (Wildman–Crippen LogP) is 3.37. The highest BCUT2D eigenvalue weighted by Gasteiger charge is 2.30. The van der Waals surface area contributed by atoms with Gasteiger partial charge in [-0.2, -0.15) is 5.26 Å². The molecule has 0 saturated heterocycles. The van der Waals surface area contributed by atoms with Crippen molar-refractivity contribution in [2.24, 2.45) is 5.41 Å². The average molecular weight is 246 g/mol. The van der Waals surface area contributed by atoms with Gasteiger partial charge in [0.15, 0.2) is 0 Å². The van der Waals surface area contributed by atoms with Crippen LogP contribution in [-0.2, 0) is 6.54 Å². The number of rotatable bonds is 3. The van der Waals surface area contributed by atoms with Crippen molar-refractivity contribution in [3.05, 3.63) is 35.1 Å². The maximum absolute atomic E-state index is 13.3. The lowest BCUT2D eigenvalue weighted by Gasteiger charge is -2.18. The van der Waals surface area contributed by atoms with Crippen LogP contribution >= 0.6 is 0 Å². The molecule has 1 atom stereocenters. The Morgan fingerprint density at radius 3 is 2.83 bits per heavy atom. The zero-order valence-corrected chi connectivity index (χ0v) is 11.0. The molecule has 1 aromatic rings. The van der Waals surface area contributed by atoms with Gasteiger partial charge in [0.05, 0.1) is 11.6 Å². The van der Waals surface area contributed by atoms with Crippen molar-refractivity contribution in [2.45, 2.75) is 45.7 Å². The Balaban J connectivity index is 1.95. The van der Waals surface area contributed by atoms with Gasteiger partial charge in [0.2, 0.25) is 0 Å². The molecule has 0 bridgehead atoms. The van der Waals surface area contributed by atoms with Gasteiger partial charge in [-0.25, -0.2) is 4.39 Å². The summed E-state index contributed by atoms with van der Waals surface area (Å²) >= 11 is 0. The van der Waals surface area contributed by atoms with Gasteiger partial charge >= 0.3 is 0 Å². The van der Waals surface area contributed by atoms with Crippen molar-refractivity contribution in [1.82, 2.24) is 5.32 Å². The van der Waals surface area contributed by atoms with Gasteiger partial charge in [-0.05, 0) is 48.4 Å². The summed E-state index contributed by atoms with van der Waals surface area (Å²) in [6.07, 6.45) is 3.57. The van der Waals surface area contributed by atoms with E-state index in [1.54, 1.807) is 6.07 Å². The van der Waals surface area contributed by atoms with Crippen LogP contribution in [0.25, 0.3) is 0 Å². The van der Waals surface area contributed by atoms with Gasteiger partial charge in [-0.15, -0.1) is 0 Å². The molecule has 1 fully saturated rings. The molecular weight excluding hydrogens is 227 g/mol. The zero-order valence-electron chi connectivity index (χ0n) is 11.0. The van der Waals surface area contributed by atoms with Gasteiger partial charge < -0.3 is 5.32 Å². The highest BCUT2D eigenvalue weighted by molar-refractivity contribution is 5.33. The van der Waals surface area contributed by atoms with E-state index in [-0.39, 0.29) is 5.82 Å². The quantitative estimate of drug-likeness (QED) is 0.887. The summed E-state index contributed by atoms with van der Waals surface area (Å²) < 4.78 is 13.3. The van der Waals surface area contributed by atoms with Gasteiger partial charge in [0, 0.05) is 12.6 Å². The highest BCUT2D eigenvalue weighted by atomic mass is 19.1. The van der Waals surface area contributed by atoms with Crippen LogP contribution in [0, 0.1) is 22.6 Å². The molecule has 0 radical (unpaired) electrons. The van der Waals surface area contributed by atoms with Crippen LogP contribution in [0.15, 0.2) is 18.2 Å². The van der Waals surface area contributed by atoms with Crippen molar-refractivity contribution in [3.8, 4) is 6.07 Å². The monoisotopic (exact) mass is 246 g/mol. The number of halogens is 1. The molecule has 0 spiro atoms. The second kappa shape index (κ2) is 5.07. The smallest absolute Gasteiger partial charge is 0.124 e. The predicted molar refractivity (Wildman–Crippen MR) is 69.4 cm³/mol. The minimum atomic E-state index is -0.336. The van der Waals surface area contributed by atoms with E-state index in [9.17, 15) is 4.39 Å². The van der Waals surface area contributed by atoms with Gasteiger partial charge in [-0.3, -0.25) is 0 Å². The van der Waals surface area contributed by atoms with Crippen LogP contribution in [0.3, 0.4) is 0 Å². The van der Waals surface area contributed by atoms with Crippen molar-refractivity contribution in [2.75, 3.05) is 0 Å². The molecule has 1 aromatic carbocycles. The lowest BCUT2D eigenvalue weighted by atomic mass is 9.92. The number of hydrogen-bond acceptors (Lipinski definition) is 2. The van der Waals surface area contributed by atoms with Crippen LogP contribution in [0.5, 0.6) is 0 Å². The third-order valence-electron chi connectivity index (χ3n) is 3.65. The topological polar surface area (TPSA) is 35.8 Å². The Morgan fingerprint density at radius 2 is 2.22 bits per heavy atom. The summed E-state index contributed by atoms with van der Waals surface area (Å²) in [7, 11) is 0. The van der Waals surface area contributed by atoms with E-state index >= 15 is 0 Å². The van der Waals surface area contributed by atoms with Gasteiger partial charge in [0.25, 0.3) is 0 Å². The molecule has 3 heteroatoms. The minimum Gasteiger partial charge on any atom is -0.310 e. The third kappa shape index (κ3) is 3.30.